The number of hydrogen-bond donors (Lipinski definition) is 1. The van der Waals surface area contributed by atoms with Gasteiger partial charge in [0.1, 0.15) is 5.82 Å². The molecule has 1 N–H and O–H groups in total. The zero-order valence-electron chi connectivity index (χ0n) is 14.7. The van der Waals surface area contributed by atoms with Gasteiger partial charge in [0.05, 0.1) is 5.69 Å². The Morgan fingerprint density at radius 1 is 1.30 bits per heavy atom. The van der Waals surface area contributed by atoms with Crippen molar-refractivity contribution < 1.29 is 9.18 Å². The summed E-state index contributed by atoms with van der Waals surface area (Å²) in [5.74, 6) is -0.441. The molecular formula is C18H17BrFN5OS. The number of hydrogen-bond acceptors (Lipinski definition) is 5. The van der Waals surface area contributed by atoms with Crippen LogP contribution >= 0.6 is 27.7 Å². The Labute approximate surface area is 168 Å². The topological polar surface area (TPSA) is 72.7 Å². The van der Waals surface area contributed by atoms with Crippen molar-refractivity contribution in [1.29, 1.82) is 0 Å². The van der Waals surface area contributed by atoms with Crippen LogP contribution in [0.15, 0.2) is 57.0 Å². The first-order valence-corrected chi connectivity index (χ1v) is 9.78. The number of halogens is 2. The highest BCUT2D eigenvalue weighted by Gasteiger charge is 2.15. The highest BCUT2D eigenvalue weighted by atomic mass is 79.9. The predicted octanol–water partition coefficient (Wildman–Crippen LogP) is 4.40. The molecule has 0 aliphatic rings. The molecule has 0 aliphatic heterocycles. The third kappa shape index (κ3) is 5.14. The monoisotopic (exact) mass is 449 g/mol. The fraction of sp³-hybridized carbons (Fsp3) is 0.222. The van der Waals surface area contributed by atoms with E-state index >= 15 is 0 Å². The van der Waals surface area contributed by atoms with Crippen molar-refractivity contribution >= 4 is 39.3 Å². The zero-order chi connectivity index (χ0) is 19.4. The van der Waals surface area contributed by atoms with E-state index in [9.17, 15) is 9.18 Å². The molecule has 0 aliphatic carbocycles. The molecule has 0 spiro atoms. The first kappa shape index (κ1) is 19.5. The van der Waals surface area contributed by atoms with E-state index < -0.39 is 0 Å². The van der Waals surface area contributed by atoms with Crippen molar-refractivity contribution in [3.63, 3.8) is 0 Å². The average molecular weight is 450 g/mol. The number of tetrazole rings is 1. The molecule has 3 rings (SSSR count). The number of benzene rings is 2. The van der Waals surface area contributed by atoms with Crippen LogP contribution in [0.4, 0.5) is 10.1 Å². The molecule has 1 heterocycles. The van der Waals surface area contributed by atoms with E-state index in [1.807, 2.05) is 25.1 Å². The quantitative estimate of drug-likeness (QED) is 0.603. The van der Waals surface area contributed by atoms with Gasteiger partial charge < -0.3 is 5.32 Å². The lowest BCUT2D eigenvalue weighted by atomic mass is 9.97. The summed E-state index contributed by atoms with van der Waals surface area (Å²) in [6, 6.07) is 11.8. The summed E-state index contributed by atoms with van der Waals surface area (Å²) in [5.41, 5.74) is 1.59. The summed E-state index contributed by atoms with van der Waals surface area (Å²) in [5, 5.41) is 15.0. The van der Waals surface area contributed by atoms with Gasteiger partial charge in [-0.05, 0) is 64.0 Å². The summed E-state index contributed by atoms with van der Waals surface area (Å²) >= 11 is 4.80. The minimum absolute atomic E-state index is 0.0307. The molecule has 2 aromatic carbocycles. The second-order valence-electron chi connectivity index (χ2n) is 6.03. The maximum atomic E-state index is 13.1. The van der Waals surface area contributed by atoms with E-state index in [1.165, 1.54) is 23.9 Å². The minimum Gasteiger partial charge on any atom is -0.325 e. The molecule has 0 fully saturated rings. The summed E-state index contributed by atoms with van der Waals surface area (Å²) < 4.78 is 15.5. The lowest BCUT2D eigenvalue weighted by Crippen LogP contribution is -2.15. The van der Waals surface area contributed by atoms with Crippen LogP contribution in [0, 0.1) is 5.82 Å². The van der Waals surface area contributed by atoms with E-state index in [-0.39, 0.29) is 24.1 Å². The summed E-state index contributed by atoms with van der Waals surface area (Å²) in [6.45, 7) is 1.94. The third-order valence-electron chi connectivity index (χ3n) is 3.93. The van der Waals surface area contributed by atoms with E-state index in [1.54, 1.807) is 23.9 Å². The molecule has 3 aromatic rings. The van der Waals surface area contributed by atoms with Crippen LogP contribution in [0.5, 0.6) is 0 Å². The number of carbonyl (C=O) groups excluding carboxylic acids is 1. The van der Waals surface area contributed by atoms with Crippen LogP contribution in [0.2, 0.25) is 0 Å². The van der Waals surface area contributed by atoms with Gasteiger partial charge >= 0.3 is 0 Å². The summed E-state index contributed by atoms with van der Waals surface area (Å²) in [4.78, 5) is 13.4. The number of aromatic nitrogens is 4. The molecule has 6 nitrogen and oxygen atoms in total. The average Bonchev–Trinajstić information content (AvgIpc) is 3.02. The lowest BCUT2D eigenvalue weighted by Gasteiger charge is -2.14. The fourth-order valence-electron chi connectivity index (χ4n) is 2.48. The smallest absolute Gasteiger partial charge is 0.225 e. The number of carbonyl (C=O) groups is 1. The van der Waals surface area contributed by atoms with Gasteiger partial charge in [-0.2, -0.15) is 0 Å². The molecule has 1 aromatic heterocycles. The number of nitrogens with one attached hydrogen (secondary N) is 1. The van der Waals surface area contributed by atoms with E-state index in [0.717, 1.165) is 14.9 Å². The Morgan fingerprint density at radius 2 is 2.04 bits per heavy atom. The molecule has 9 heteroatoms. The van der Waals surface area contributed by atoms with Gasteiger partial charge in [0, 0.05) is 22.8 Å². The molecule has 0 saturated carbocycles. The van der Waals surface area contributed by atoms with Gasteiger partial charge in [0.15, 0.2) is 0 Å². The van der Waals surface area contributed by atoms with Gasteiger partial charge in [-0.25, -0.2) is 9.07 Å². The second-order valence-corrected chi connectivity index (χ2v) is 7.96. The van der Waals surface area contributed by atoms with E-state index in [0.29, 0.717) is 10.8 Å². The van der Waals surface area contributed by atoms with Crippen LogP contribution in [-0.4, -0.2) is 26.1 Å². The normalized spacial score (nSPS) is 12.0. The highest BCUT2D eigenvalue weighted by Crippen LogP contribution is 2.34. The third-order valence-corrected chi connectivity index (χ3v) is 5.53. The molecule has 1 amide bonds. The number of rotatable bonds is 6. The Bertz CT molecular complexity index is 947. The van der Waals surface area contributed by atoms with Gasteiger partial charge in [-0.1, -0.05) is 35.0 Å². The molecule has 0 saturated heterocycles. The molecule has 1 atom stereocenters. The molecular weight excluding hydrogens is 433 g/mol. The van der Waals surface area contributed by atoms with Crippen molar-refractivity contribution in [3.05, 3.63) is 58.3 Å². The molecule has 140 valence electrons. The SMILES string of the molecule is CC(CC(=O)Nc1cc(Br)ccc1Sc1nnnn1C)c1ccc(F)cc1. The van der Waals surface area contributed by atoms with Crippen LogP contribution in [0.3, 0.4) is 0 Å². The van der Waals surface area contributed by atoms with Gasteiger partial charge in [0.25, 0.3) is 0 Å². The maximum absolute atomic E-state index is 13.1. The molecule has 0 bridgehead atoms. The first-order chi connectivity index (χ1) is 12.9. The number of anilines is 1. The molecule has 27 heavy (non-hydrogen) atoms. The predicted molar refractivity (Wildman–Crippen MR) is 105 cm³/mol. The number of nitrogens with zero attached hydrogens (tertiary/aromatic N) is 4. The highest BCUT2D eigenvalue weighted by molar-refractivity contribution is 9.10. The number of amides is 1. The van der Waals surface area contributed by atoms with Crippen molar-refractivity contribution in [2.24, 2.45) is 7.05 Å². The largest absolute Gasteiger partial charge is 0.325 e. The van der Waals surface area contributed by atoms with Crippen LogP contribution in [-0.2, 0) is 11.8 Å². The van der Waals surface area contributed by atoms with Crippen molar-refractivity contribution in [1.82, 2.24) is 20.2 Å². The first-order valence-electron chi connectivity index (χ1n) is 8.17. The van der Waals surface area contributed by atoms with Gasteiger partial charge in [-0.15, -0.1) is 5.10 Å². The van der Waals surface area contributed by atoms with Gasteiger partial charge in [-0.3, -0.25) is 4.79 Å². The standard InChI is InChI=1S/C18H17BrFN5OS/c1-11(12-3-6-14(20)7-4-12)9-17(26)21-15-10-13(19)5-8-16(15)27-18-22-23-24-25(18)2/h3-8,10-11H,9H2,1-2H3,(H,21,26). The molecule has 0 radical (unpaired) electrons. The van der Waals surface area contributed by atoms with E-state index in [4.69, 9.17) is 0 Å². The maximum Gasteiger partial charge on any atom is 0.225 e. The Kier molecular flexibility index (Phi) is 6.22. The van der Waals surface area contributed by atoms with Gasteiger partial charge in [0.2, 0.25) is 11.1 Å². The van der Waals surface area contributed by atoms with Crippen molar-refractivity contribution in [3.8, 4) is 0 Å². The van der Waals surface area contributed by atoms with Crippen LogP contribution < -0.4 is 5.32 Å². The van der Waals surface area contributed by atoms with Crippen molar-refractivity contribution in [2.75, 3.05) is 5.32 Å². The zero-order valence-corrected chi connectivity index (χ0v) is 17.1. The number of aryl methyl sites for hydroxylation is 1. The Morgan fingerprint density at radius 3 is 2.70 bits per heavy atom. The summed E-state index contributed by atoms with van der Waals surface area (Å²) in [6.07, 6.45) is 0.285. The summed E-state index contributed by atoms with van der Waals surface area (Å²) in [7, 11) is 1.75. The van der Waals surface area contributed by atoms with Crippen LogP contribution in [0.25, 0.3) is 0 Å². The fourth-order valence-corrected chi connectivity index (χ4v) is 3.64. The van der Waals surface area contributed by atoms with Crippen LogP contribution in [0.1, 0.15) is 24.8 Å². The lowest BCUT2D eigenvalue weighted by molar-refractivity contribution is -0.116. The minimum atomic E-state index is -0.288. The Hall–Kier alpha value is -2.26. The van der Waals surface area contributed by atoms with E-state index in [2.05, 4.69) is 36.8 Å². The Balaban J connectivity index is 1.72. The molecule has 1 unspecified atom stereocenters. The van der Waals surface area contributed by atoms with Crippen molar-refractivity contribution in [2.45, 2.75) is 29.3 Å². The second kappa shape index (κ2) is 8.62.